The van der Waals surface area contributed by atoms with Crippen LogP contribution in [0.4, 0.5) is 10.2 Å². The first-order valence-corrected chi connectivity index (χ1v) is 8.38. The lowest BCUT2D eigenvalue weighted by Crippen LogP contribution is -2.41. The molecule has 0 bridgehead atoms. The second kappa shape index (κ2) is 7.61. The zero-order valence-corrected chi connectivity index (χ0v) is 14.2. The third-order valence-electron chi connectivity index (χ3n) is 4.24. The van der Waals surface area contributed by atoms with Gasteiger partial charge in [0.25, 0.3) is 5.91 Å². The Kier molecular flexibility index (Phi) is 5.28. The summed E-state index contributed by atoms with van der Waals surface area (Å²) in [5.41, 5.74) is 0.0655. The molecule has 0 unspecified atom stereocenters. The van der Waals surface area contributed by atoms with Gasteiger partial charge in [0.15, 0.2) is 0 Å². The number of benzene rings is 1. The standard InChI is InChI=1S/C18H17ClFN3O2/c19-13-5-6-16(21-11-13)22-17(24)12-7-9-23(10-8-12)18(25)14-3-1-2-4-15(14)20/h1-6,11-12H,7-10H2,(H,21,22,24). The monoisotopic (exact) mass is 361 g/mol. The van der Waals surface area contributed by atoms with E-state index in [1.54, 1.807) is 29.2 Å². The van der Waals surface area contributed by atoms with Gasteiger partial charge in [-0.1, -0.05) is 23.7 Å². The van der Waals surface area contributed by atoms with Crippen molar-refractivity contribution in [2.24, 2.45) is 5.92 Å². The Morgan fingerprint density at radius 3 is 2.52 bits per heavy atom. The lowest BCUT2D eigenvalue weighted by molar-refractivity contribution is -0.121. The zero-order valence-electron chi connectivity index (χ0n) is 13.4. The Hall–Kier alpha value is -2.47. The summed E-state index contributed by atoms with van der Waals surface area (Å²) in [6, 6.07) is 9.22. The molecule has 1 N–H and O–H groups in total. The molecular weight excluding hydrogens is 345 g/mol. The molecule has 0 radical (unpaired) electrons. The first kappa shape index (κ1) is 17.4. The van der Waals surface area contributed by atoms with Crippen molar-refractivity contribution in [3.63, 3.8) is 0 Å². The SMILES string of the molecule is O=C(Nc1ccc(Cl)cn1)C1CCN(C(=O)c2ccccc2F)CC1. The Bertz CT molecular complexity index is 774. The number of likely N-dealkylation sites (tertiary alicyclic amines) is 1. The minimum absolute atomic E-state index is 0.0655. The number of nitrogens with zero attached hydrogens (tertiary/aromatic N) is 2. The summed E-state index contributed by atoms with van der Waals surface area (Å²) in [5.74, 6) is -0.758. The number of amides is 2. The molecule has 1 saturated heterocycles. The molecule has 1 fully saturated rings. The number of piperidine rings is 1. The van der Waals surface area contributed by atoms with Gasteiger partial charge in [-0.2, -0.15) is 0 Å². The van der Waals surface area contributed by atoms with Gasteiger partial charge in [0, 0.05) is 25.2 Å². The first-order valence-electron chi connectivity index (χ1n) is 8.01. The number of carbonyl (C=O) groups excluding carboxylic acids is 2. The van der Waals surface area contributed by atoms with Crippen molar-refractivity contribution in [1.82, 2.24) is 9.88 Å². The number of anilines is 1. The number of nitrogens with one attached hydrogen (secondary N) is 1. The van der Waals surface area contributed by atoms with Crippen LogP contribution >= 0.6 is 11.6 Å². The number of carbonyl (C=O) groups is 2. The highest BCUT2D eigenvalue weighted by atomic mass is 35.5. The van der Waals surface area contributed by atoms with Crippen molar-refractivity contribution < 1.29 is 14.0 Å². The average Bonchev–Trinajstić information content (AvgIpc) is 2.63. The third kappa shape index (κ3) is 4.14. The van der Waals surface area contributed by atoms with Crippen LogP contribution in [0.5, 0.6) is 0 Å². The van der Waals surface area contributed by atoms with Crippen molar-refractivity contribution >= 4 is 29.2 Å². The lowest BCUT2D eigenvalue weighted by atomic mass is 9.95. The van der Waals surface area contributed by atoms with Crippen molar-refractivity contribution in [1.29, 1.82) is 0 Å². The van der Waals surface area contributed by atoms with E-state index in [-0.39, 0.29) is 23.3 Å². The Morgan fingerprint density at radius 1 is 1.16 bits per heavy atom. The molecule has 7 heteroatoms. The smallest absolute Gasteiger partial charge is 0.256 e. The van der Waals surface area contributed by atoms with E-state index < -0.39 is 5.82 Å². The summed E-state index contributed by atoms with van der Waals surface area (Å²) in [5, 5.41) is 3.25. The largest absolute Gasteiger partial charge is 0.339 e. The molecule has 0 spiro atoms. The van der Waals surface area contributed by atoms with Crippen molar-refractivity contribution in [2.75, 3.05) is 18.4 Å². The van der Waals surface area contributed by atoms with Crippen LogP contribution in [0.15, 0.2) is 42.6 Å². The summed E-state index contributed by atoms with van der Waals surface area (Å²) in [4.78, 5) is 30.3. The molecule has 0 aliphatic carbocycles. The van der Waals surface area contributed by atoms with Crippen LogP contribution in [0.25, 0.3) is 0 Å². The fourth-order valence-electron chi connectivity index (χ4n) is 2.83. The molecular formula is C18H17ClFN3O2. The van der Waals surface area contributed by atoms with Crippen LogP contribution in [-0.4, -0.2) is 34.8 Å². The third-order valence-corrected chi connectivity index (χ3v) is 4.46. The predicted octanol–water partition coefficient (Wildman–Crippen LogP) is 3.37. The number of hydrogen-bond donors (Lipinski definition) is 1. The molecule has 2 amide bonds. The Balaban J connectivity index is 1.56. The van der Waals surface area contributed by atoms with Crippen LogP contribution < -0.4 is 5.32 Å². The van der Waals surface area contributed by atoms with E-state index in [0.29, 0.717) is 36.8 Å². The van der Waals surface area contributed by atoms with Crippen LogP contribution in [0.1, 0.15) is 23.2 Å². The highest BCUT2D eigenvalue weighted by Gasteiger charge is 2.28. The molecule has 3 rings (SSSR count). The van der Waals surface area contributed by atoms with E-state index in [1.165, 1.54) is 18.3 Å². The van der Waals surface area contributed by atoms with Crippen LogP contribution in [-0.2, 0) is 4.79 Å². The van der Waals surface area contributed by atoms with E-state index in [1.807, 2.05) is 0 Å². The van der Waals surface area contributed by atoms with E-state index in [9.17, 15) is 14.0 Å². The molecule has 25 heavy (non-hydrogen) atoms. The quantitative estimate of drug-likeness (QED) is 0.911. The van der Waals surface area contributed by atoms with Gasteiger partial charge < -0.3 is 10.2 Å². The predicted molar refractivity (Wildman–Crippen MR) is 92.9 cm³/mol. The van der Waals surface area contributed by atoms with E-state index >= 15 is 0 Å². The topological polar surface area (TPSA) is 62.3 Å². The fourth-order valence-corrected chi connectivity index (χ4v) is 2.94. The second-order valence-corrected chi connectivity index (χ2v) is 6.33. The summed E-state index contributed by atoms with van der Waals surface area (Å²) >= 11 is 5.76. The van der Waals surface area contributed by atoms with Crippen LogP contribution in [0.2, 0.25) is 5.02 Å². The molecule has 130 valence electrons. The number of aromatic nitrogens is 1. The molecule has 0 atom stereocenters. The molecule has 1 aliphatic rings. The van der Waals surface area contributed by atoms with Gasteiger partial charge in [-0.05, 0) is 37.1 Å². The molecule has 1 aliphatic heterocycles. The Labute approximate surface area is 149 Å². The summed E-state index contributed by atoms with van der Waals surface area (Å²) < 4.78 is 13.7. The normalized spacial score (nSPS) is 15.0. The average molecular weight is 362 g/mol. The maximum atomic E-state index is 13.7. The van der Waals surface area contributed by atoms with Gasteiger partial charge in [-0.15, -0.1) is 0 Å². The Morgan fingerprint density at radius 2 is 1.88 bits per heavy atom. The van der Waals surface area contributed by atoms with Crippen molar-refractivity contribution in [3.05, 3.63) is 59.0 Å². The fraction of sp³-hybridized carbons (Fsp3) is 0.278. The highest BCUT2D eigenvalue weighted by molar-refractivity contribution is 6.30. The molecule has 1 aromatic carbocycles. The molecule has 5 nitrogen and oxygen atoms in total. The summed E-state index contributed by atoms with van der Waals surface area (Å²) in [6.07, 6.45) is 2.52. The second-order valence-electron chi connectivity index (χ2n) is 5.90. The van der Waals surface area contributed by atoms with E-state index in [0.717, 1.165) is 0 Å². The minimum atomic E-state index is -0.527. The van der Waals surface area contributed by atoms with Gasteiger partial charge in [-0.25, -0.2) is 9.37 Å². The zero-order chi connectivity index (χ0) is 17.8. The van der Waals surface area contributed by atoms with Crippen LogP contribution in [0.3, 0.4) is 0 Å². The van der Waals surface area contributed by atoms with E-state index in [2.05, 4.69) is 10.3 Å². The van der Waals surface area contributed by atoms with Gasteiger partial charge in [-0.3, -0.25) is 9.59 Å². The maximum Gasteiger partial charge on any atom is 0.256 e. The van der Waals surface area contributed by atoms with Crippen LogP contribution in [0, 0.1) is 11.7 Å². The minimum Gasteiger partial charge on any atom is -0.339 e. The number of rotatable bonds is 3. The maximum absolute atomic E-state index is 13.7. The first-order chi connectivity index (χ1) is 12.0. The number of hydrogen-bond acceptors (Lipinski definition) is 3. The summed E-state index contributed by atoms with van der Waals surface area (Å²) in [6.45, 7) is 0.832. The number of pyridine rings is 1. The van der Waals surface area contributed by atoms with Gasteiger partial charge in [0.05, 0.1) is 10.6 Å². The van der Waals surface area contributed by atoms with Gasteiger partial charge in [0.1, 0.15) is 11.6 Å². The van der Waals surface area contributed by atoms with Gasteiger partial charge in [0.2, 0.25) is 5.91 Å². The molecule has 2 aromatic rings. The lowest BCUT2D eigenvalue weighted by Gasteiger charge is -2.31. The summed E-state index contributed by atoms with van der Waals surface area (Å²) in [7, 11) is 0. The molecule has 2 heterocycles. The van der Waals surface area contributed by atoms with E-state index in [4.69, 9.17) is 11.6 Å². The van der Waals surface area contributed by atoms with Gasteiger partial charge >= 0.3 is 0 Å². The van der Waals surface area contributed by atoms with Crippen molar-refractivity contribution in [2.45, 2.75) is 12.8 Å². The molecule has 1 aromatic heterocycles. The molecule has 0 saturated carbocycles. The number of halogens is 2. The highest BCUT2D eigenvalue weighted by Crippen LogP contribution is 2.21. The van der Waals surface area contributed by atoms with Crippen molar-refractivity contribution in [3.8, 4) is 0 Å².